The van der Waals surface area contributed by atoms with Crippen LogP contribution < -0.4 is 5.32 Å². The molecule has 1 amide bonds. The molecule has 5 heteroatoms. The molecular formula is C22H28N4O. The lowest BCUT2D eigenvalue weighted by Gasteiger charge is -2.34. The summed E-state index contributed by atoms with van der Waals surface area (Å²) in [5.74, 6) is 1.26. The van der Waals surface area contributed by atoms with Crippen LogP contribution in [0.25, 0.3) is 0 Å². The quantitative estimate of drug-likeness (QED) is 0.910. The van der Waals surface area contributed by atoms with Gasteiger partial charge in [0.2, 0.25) is 5.91 Å². The van der Waals surface area contributed by atoms with Gasteiger partial charge in [-0.15, -0.1) is 0 Å². The van der Waals surface area contributed by atoms with E-state index in [4.69, 9.17) is 4.98 Å². The number of nitrogens with one attached hydrogen (secondary N) is 1. The van der Waals surface area contributed by atoms with Gasteiger partial charge in [-0.05, 0) is 32.3 Å². The Hall–Kier alpha value is -2.27. The Kier molecular flexibility index (Phi) is 5.21. The molecule has 27 heavy (non-hydrogen) atoms. The van der Waals surface area contributed by atoms with E-state index in [1.54, 1.807) is 0 Å². The molecule has 1 N–H and O–H groups in total. The minimum Gasteiger partial charge on any atom is -0.341 e. The monoisotopic (exact) mass is 364 g/mol. The molecule has 0 spiro atoms. The minimum absolute atomic E-state index is 0.111. The molecule has 2 aliphatic rings. The highest BCUT2D eigenvalue weighted by atomic mass is 16.2. The van der Waals surface area contributed by atoms with Crippen molar-refractivity contribution in [2.24, 2.45) is 0 Å². The summed E-state index contributed by atoms with van der Waals surface area (Å²) in [6.07, 6.45) is 5.00. The lowest BCUT2D eigenvalue weighted by molar-refractivity contribution is -0.133. The van der Waals surface area contributed by atoms with Crippen molar-refractivity contribution in [2.45, 2.75) is 51.5 Å². The average Bonchev–Trinajstić information content (AvgIpc) is 2.73. The number of carbonyl (C=O) groups is 1. The Labute approximate surface area is 161 Å². The third-order valence-corrected chi connectivity index (χ3v) is 5.87. The van der Waals surface area contributed by atoms with Crippen LogP contribution in [0, 0.1) is 6.92 Å². The number of hydrogen-bond donors (Lipinski definition) is 1. The number of aromatic nitrogens is 2. The van der Waals surface area contributed by atoms with Crippen molar-refractivity contribution < 1.29 is 4.79 Å². The molecule has 1 saturated heterocycles. The number of likely N-dealkylation sites (tertiary alicyclic amines) is 1. The number of aryl methyl sites for hydroxylation is 1. The topological polar surface area (TPSA) is 58.1 Å². The Morgan fingerprint density at radius 1 is 1.30 bits per heavy atom. The van der Waals surface area contributed by atoms with Crippen molar-refractivity contribution >= 4 is 5.91 Å². The van der Waals surface area contributed by atoms with Gasteiger partial charge in [-0.3, -0.25) is 4.79 Å². The van der Waals surface area contributed by atoms with E-state index in [1.807, 2.05) is 18.0 Å². The largest absolute Gasteiger partial charge is 0.341 e. The van der Waals surface area contributed by atoms with Crippen LogP contribution in [-0.4, -0.2) is 40.4 Å². The maximum absolute atomic E-state index is 13.1. The summed E-state index contributed by atoms with van der Waals surface area (Å²) in [5.41, 5.74) is 4.69. The summed E-state index contributed by atoms with van der Waals surface area (Å²) < 4.78 is 0. The third kappa shape index (κ3) is 3.88. The van der Waals surface area contributed by atoms with E-state index in [0.29, 0.717) is 0 Å². The molecule has 4 rings (SSSR count). The molecule has 2 aromatic rings. The van der Waals surface area contributed by atoms with Crippen LogP contribution in [0.1, 0.15) is 59.8 Å². The van der Waals surface area contributed by atoms with E-state index < -0.39 is 0 Å². The van der Waals surface area contributed by atoms with E-state index in [9.17, 15) is 4.79 Å². The van der Waals surface area contributed by atoms with Gasteiger partial charge in [0.1, 0.15) is 5.82 Å². The van der Waals surface area contributed by atoms with Crippen molar-refractivity contribution in [3.05, 3.63) is 58.7 Å². The van der Waals surface area contributed by atoms with Crippen molar-refractivity contribution in [3.8, 4) is 0 Å². The second-order valence-corrected chi connectivity index (χ2v) is 7.88. The zero-order chi connectivity index (χ0) is 18.8. The lowest BCUT2D eigenvalue weighted by atomic mass is 9.93. The maximum Gasteiger partial charge on any atom is 0.229 e. The van der Waals surface area contributed by atoms with E-state index in [-0.39, 0.29) is 17.7 Å². The second kappa shape index (κ2) is 7.77. The summed E-state index contributed by atoms with van der Waals surface area (Å²) >= 11 is 0. The van der Waals surface area contributed by atoms with Crippen LogP contribution in [0.4, 0.5) is 0 Å². The fourth-order valence-corrected chi connectivity index (χ4v) is 4.11. The van der Waals surface area contributed by atoms with Crippen molar-refractivity contribution in [1.82, 2.24) is 20.2 Å². The number of hydrogen-bond acceptors (Lipinski definition) is 4. The fraction of sp³-hybridized carbons (Fsp3) is 0.500. The molecular weight excluding hydrogens is 336 g/mol. The molecule has 2 aliphatic heterocycles. The predicted molar refractivity (Wildman–Crippen MR) is 106 cm³/mol. The fourth-order valence-electron chi connectivity index (χ4n) is 4.11. The summed E-state index contributed by atoms with van der Waals surface area (Å²) in [6.45, 7) is 7.48. The number of benzene rings is 1. The number of fused-ring (bicyclic) bond motifs is 1. The lowest BCUT2D eigenvalue weighted by Crippen LogP contribution is -2.41. The van der Waals surface area contributed by atoms with Gasteiger partial charge in [-0.1, -0.05) is 29.8 Å². The first-order valence-electron chi connectivity index (χ1n) is 10.0. The predicted octanol–water partition coefficient (Wildman–Crippen LogP) is 2.94. The van der Waals surface area contributed by atoms with E-state index in [2.05, 4.69) is 41.5 Å². The molecule has 1 aromatic heterocycles. The standard InChI is InChI=1S/C22H28N4O/c1-15-5-7-17(8-6-15)16(2)22(27)26-11-3-4-18(14-26)21-24-13-19-12-23-10-9-20(19)25-21/h5-8,13,16,18,23H,3-4,9-12,14H2,1-2H3/t16-,18+/m1/s1. The van der Waals surface area contributed by atoms with Gasteiger partial charge in [-0.2, -0.15) is 0 Å². The zero-order valence-electron chi connectivity index (χ0n) is 16.2. The van der Waals surface area contributed by atoms with Crippen LogP contribution >= 0.6 is 0 Å². The first kappa shape index (κ1) is 18.1. The summed E-state index contributed by atoms with van der Waals surface area (Å²) in [7, 11) is 0. The molecule has 5 nitrogen and oxygen atoms in total. The Morgan fingerprint density at radius 2 is 2.11 bits per heavy atom. The van der Waals surface area contributed by atoms with Gasteiger partial charge < -0.3 is 10.2 Å². The minimum atomic E-state index is -0.111. The van der Waals surface area contributed by atoms with Crippen LogP contribution in [0.3, 0.4) is 0 Å². The number of carbonyl (C=O) groups excluding carboxylic acids is 1. The Morgan fingerprint density at radius 3 is 2.93 bits per heavy atom. The Balaban J connectivity index is 1.47. The molecule has 0 radical (unpaired) electrons. The number of nitrogens with zero attached hydrogens (tertiary/aromatic N) is 3. The van der Waals surface area contributed by atoms with E-state index >= 15 is 0 Å². The summed E-state index contributed by atoms with van der Waals surface area (Å²) in [4.78, 5) is 24.6. The van der Waals surface area contributed by atoms with Crippen LogP contribution in [0.15, 0.2) is 30.5 Å². The normalized spacial score (nSPS) is 20.8. The highest BCUT2D eigenvalue weighted by Crippen LogP contribution is 2.28. The molecule has 3 heterocycles. The maximum atomic E-state index is 13.1. The molecule has 0 aliphatic carbocycles. The van der Waals surface area contributed by atoms with Gasteiger partial charge in [0.25, 0.3) is 0 Å². The van der Waals surface area contributed by atoms with Crippen molar-refractivity contribution in [3.63, 3.8) is 0 Å². The number of amides is 1. The van der Waals surface area contributed by atoms with E-state index in [1.165, 1.54) is 16.8 Å². The molecule has 0 saturated carbocycles. The molecule has 2 atom stereocenters. The van der Waals surface area contributed by atoms with Crippen LogP contribution in [0.2, 0.25) is 0 Å². The van der Waals surface area contributed by atoms with Crippen molar-refractivity contribution in [2.75, 3.05) is 19.6 Å². The first-order valence-corrected chi connectivity index (χ1v) is 10.0. The number of piperidine rings is 1. The zero-order valence-corrected chi connectivity index (χ0v) is 16.2. The summed E-state index contributed by atoms with van der Waals surface area (Å²) in [6, 6.07) is 8.29. The number of rotatable bonds is 3. The second-order valence-electron chi connectivity index (χ2n) is 7.88. The molecule has 0 bridgehead atoms. The van der Waals surface area contributed by atoms with Gasteiger partial charge in [0.05, 0.1) is 5.92 Å². The first-order chi connectivity index (χ1) is 13.1. The van der Waals surface area contributed by atoms with Gasteiger partial charge in [0, 0.05) is 56.0 Å². The highest BCUT2D eigenvalue weighted by molar-refractivity contribution is 5.83. The van der Waals surface area contributed by atoms with Gasteiger partial charge >= 0.3 is 0 Å². The summed E-state index contributed by atoms with van der Waals surface area (Å²) in [5, 5.41) is 3.36. The van der Waals surface area contributed by atoms with Crippen LogP contribution in [0.5, 0.6) is 0 Å². The molecule has 1 aromatic carbocycles. The molecule has 1 fully saturated rings. The molecule has 142 valence electrons. The van der Waals surface area contributed by atoms with Crippen molar-refractivity contribution in [1.29, 1.82) is 0 Å². The average molecular weight is 364 g/mol. The van der Waals surface area contributed by atoms with E-state index in [0.717, 1.165) is 56.8 Å². The molecule has 0 unspecified atom stereocenters. The smallest absolute Gasteiger partial charge is 0.229 e. The highest BCUT2D eigenvalue weighted by Gasteiger charge is 2.30. The Bertz CT molecular complexity index is 818. The SMILES string of the molecule is Cc1ccc([C@@H](C)C(=O)N2CCC[C@H](c3ncc4c(n3)CCNC4)C2)cc1. The third-order valence-electron chi connectivity index (χ3n) is 5.87. The van der Waals surface area contributed by atoms with Crippen LogP contribution in [-0.2, 0) is 17.8 Å². The van der Waals surface area contributed by atoms with Gasteiger partial charge in [-0.25, -0.2) is 9.97 Å². The van der Waals surface area contributed by atoms with Gasteiger partial charge in [0.15, 0.2) is 0 Å².